The molecule has 1 aromatic heterocycles. The molecule has 6 unspecified atom stereocenters. The first-order valence-corrected chi connectivity index (χ1v) is 7.30. The van der Waals surface area contributed by atoms with Gasteiger partial charge in [-0.15, -0.1) is 0 Å². The number of aliphatic carboxylic acids is 1. The first-order valence-electron chi connectivity index (χ1n) is 7.30. The summed E-state index contributed by atoms with van der Waals surface area (Å²) in [6.45, 7) is 0. The van der Waals surface area contributed by atoms with Gasteiger partial charge in [-0.2, -0.15) is 0 Å². The summed E-state index contributed by atoms with van der Waals surface area (Å²) in [6, 6.07) is 5.28. The molecule has 1 aromatic rings. The number of carboxylic acid groups (broad SMARTS) is 1. The van der Waals surface area contributed by atoms with Crippen LogP contribution in [0, 0.1) is 35.5 Å². The van der Waals surface area contributed by atoms with E-state index in [0.717, 1.165) is 6.42 Å². The monoisotopic (exact) mass is 284 g/mol. The van der Waals surface area contributed by atoms with Crippen LogP contribution in [0.5, 0.6) is 0 Å². The summed E-state index contributed by atoms with van der Waals surface area (Å²) >= 11 is 0. The number of fused-ring (bicyclic) bond motifs is 1. The largest absolute Gasteiger partial charge is 0.481 e. The van der Waals surface area contributed by atoms with Crippen LogP contribution in [0.1, 0.15) is 6.42 Å². The van der Waals surface area contributed by atoms with Gasteiger partial charge in [-0.3, -0.25) is 9.59 Å². The van der Waals surface area contributed by atoms with Gasteiger partial charge in [0.25, 0.3) is 0 Å². The van der Waals surface area contributed by atoms with Gasteiger partial charge >= 0.3 is 5.97 Å². The highest BCUT2D eigenvalue weighted by Crippen LogP contribution is 2.63. The van der Waals surface area contributed by atoms with E-state index in [1.807, 2.05) is 6.08 Å². The molecule has 0 spiro atoms. The fourth-order valence-corrected chi connectivity index (χ4v) is 4.22. The van der Waals surface area contributed by atoms with Crippen LogP contribution < -0.4 is 5.32 Å². The lowest BCUT2D eigenvalue weighted by molar-refractivity contribution is -0.152. The molecule has 2 N–H and O–H groups in total. The normalized spacial score (nSPS) is 38.7. The van der Waals surface area contributed by atoms with Crippen molar-refractivity contribution < 1.29 is 14.7 Å². The summed E-state index contributed by atoms with van der Waals surface area (Å²) in [5, 5.41) is 12.3. The molecule has 4 aliphatic carbocycles. The minimum absolute atomic E-state index is 0.0111. The number of nitrogens with zero attached hydrogens (tertiary/aromatic N) is 1. The van der Waals surface area contributed by atoms with Crippen molar-refractivity contribution in [1.82, 2.24) is 4.98 Å². The highest BCUT2D eigenvalue weighted by molar-refractivity contribution is 5.95. The maximum atomic E-state index is 12.6. The molecule has 5 rings (SSSR count). The van der Waals surface area contributed by atoms with Crippen LogP contribution in [0.15, 0.2) is 36.5 Å². The number of carboxylic acids is 1. The fourth-order valence-electron chi connectivity index (χ4n) is 4.22. The van der Waals surface area contributed by atoms with Gasteiger partial charge in [0.1, 0.15) is 5.82 Å². The summed E-state index contributed by atoms with van der Waals surface area (Å²) in [5.74, 6) is -0.649. The van der Waals surface area contributed by atoms with E-state index >= 15 is 0 Å². The van der Waals surface area contributed by atoms with Crippen LogP contribution in [-0.2, 0) is 9.59 Å². The zero-order chi connectivity index (χ0) is 14.6. The molecule has 6 atom stereocenters. The van der Waals surface area contributed by atoms with Crippen LogP contribution in [0.2, 0.25) is 0 Å². The Kier molecular flexibility index (Phi) is 2.64. The third-order valence-electron chi connectivity index (χ3n) is 5.16. The SMILES string of the molecule is O=C(O)C1C2C=CC(C3CC23)C1C(=O)Nc1ccccn1. The number of amides is 1. The molecule has 0 aliphatic heterocycles. The van der Waals surface area contributed by atoms with Crippen LogP contribution in [0.3, 0.4) is 0 Å². The van der Waals surface area contributed by atoms with Gasteiger partial charge in [0, 0.05) is 6.20 Å². The number of nitrogens with one attached hydrogen (secondary N) is 1. The summed E-state index contributed by atoms with van der Waals surface area (Å²) in [5.41, 5.74) is 0. The Morgan fingerprint density at radius 1 is 1.14 bits per heavy atom. The number of hydrogen-bond acceptors (Lipinski definition) is 3. The zero-order valence-electron chi connectivity index (χ0n) is 11.3. The van der Waals surface area contributed by atoms with E-state index in [1.165, 1.54) is 0 Å². The van der Waals surface area contributed by atoms with Gasteiger partial charge in [-0.1, -0.05) is 18.2 Å². The Labute approximate surface area is 122 Å². The number of carbonyl (C=O) groups excluding carboxylic acids is 1. The van der Waals surface area contributed by atoms with E-state index in [9.17, 15) is 14.7 Å². The van der Waals surface area contributed by atoms with Gasteiger partial charge in [0.15, 0.2) is 0 Å². The number of aromatic nitrogens is 1. The minimum atomic E-state index is -0.860. The Bertz CT molecular complexity index is 628. The first kappa shape index (κ1) is 12.6. The quantitative estimate of drug-likeness (QED) is 0.829. The summed E-state index contributed by atoms with van der Waals surface area (Å²) in [7, 11) is 0. The number of pyridine rings is 1. The van der Waals surface area contributed by atoms with Crippen molar-refractivity contribution in [3.8, 4) is 0 Å². The average Bonchev–Trinajstić information content (AvgIpc) is 3.29. The summed E-state index contributed by atoms with van der Waals surface area (Å²) in [4.78, 5) is 28.3. The Hall–Kier alpha value is -2.17. The van der Waals surface area contributed by atoms with Gasteiger partial charge < -0.3 is 10.4 Å². The lowest BCUT2D eigenvalue weighted by Crippen LogP contribution is -2.48. The molecule has 0 saturated heterocycles. The molecular formula is C16H16N2O3. The molecule has 2 fully saturated rings. The smallest absolute Gasteiger partial charge is 0.307 e. The Morgan fingerprint density at radius 2 is 1.86 bits per heavy atom. The molecule has 1 amide bonds. The molecular weight excluding hydrogens is 268 g/mol. The van der Waals surface area contributed by atoms with Crippen LogP contribution in [-0.4, -0.2) is 22.0 Å². The second kappa shape index (κ2) is 4.41. The van der Waals surface area contributed by atoms with Gasteiger partial charge in [0.2, 0.25) is 5.91 Å². The number of anilines is 1. The molecule has 4 aliphatic rings. The number of carbonyl (C=O) groups is 2. The molecule has 2 bridgehead atoms. The predicted octanol–water partition coefficient (Wildman–Crippen LogP) is 1.79. The minimum Gasteiger partial charge on any atom is -0.481 e. The van der Waals surface area contributed by atoms with Gasteiger partial charge in [-0.05, 0) is 42.2 Å². The zero-order valence-corrected chi connectivity index (χ0v) is 11.3. The van der Waals surface area contributed by atoms with Crippen LogP contribution in [0.4, 0.5) is 5.82 Å². The summed E-state index contributed by atoms with van der Waals surface area (Å²) < 4.78 is 0. The predicted molar refractivity (Wildman–Crippen MR) is 75.2 cm³/mol. The van der Waals surface area contributed by atoms with E-state index < -0.39 is 17.8 Å². The van der Waals surface area contributed by atoms with E-state index in [-0.39, 0.29) is 17.7 Å². The third kappa shape index (κ3) is 1.87. The van der Waals surface area contributed by atoms with Crippen molar-refractivity contribution in [3.63, 3.8) is 0 Å². The van der Waals surface area contributed by atoms with Crippen molar-refractivity contribution in [3.05, 3.63) is 36.5 Å². The lowest BCUT2D eigenvalue weighted by atomic mass is 9.62. The van der Waals surface area contributed by atoms with Crippen molar-refractivity contribution in [2.75, 3.05) is 5.32 Å². The van der Waals surface area contributed by atoms with E-state index in [0.29, 0.717) is 17.7 Å². The maximum Gasteiger partial charge on any atom is 0.307 e. The molecule has 0 radical (unpaired) electrons. The third-order valence-corrected chi connectivity index (χ3v) is 5.16. The highest BCUT2D eigenvalue weighted by atomic mass is 16.4. The Balaban J connectivity index is 1.62. The maximum absolute atomic E-state index is 12.6. The lowest BCUT2D eigenvalue weighted by Gasteiger charge is -2.41. The molecule has 2 saturated carbocycles. The molecule has 1 heterocycles. The molecule has 5 heteroatoms. The molecule has 108 valence electrons. The first-order chi connectivity index (χ1) is 10.2. The van der Waals surface area contributed by atoms with Crippen molar-refractivity contribution in [2.24, 2.45) is 35.5 Å². The summed E-state index contributed by atoms with van der Waals surface area (Å²) in [6.07, 6.45) is 6.73. The average molecular weight is 284 g/mol. The van der Waals surface area contributed by atoms with Gasteiger partial charge in [-0.25, -0.2) is 4.98 Å². The standard InChI is InChI=1S/C16H16N2O3/c19-15(18-12-3-1-2-6-17-12)13-8-4-5-9(11-7-10(8)11)14(13)16(20)21/h1-6,8-11,13-14H,7H2,(H,20,21)(H,17,18,19). The van der Waals surface area contributed by atoms with E-state index in [4.69, 9.17) is 0 Å². The second-order valence-corrected chi connectivity index (χ2v) is 6.20. The van der Waals surface area contributed by atoms with E-state index in [2.05, 4.69) is 16.4 Å². The fraction of sp³-hybridized carbons (Fsp3) is 0.438. The van der Waals surface area contributed by atoms with Crippen molar-refractivity contribution >= 4 is 17.7 Å². The van der Waals surface area contributed by atoms with Crippen molar-refractivity contribution in [2.45, 2.75) is 6.42 Å². The number of rotatable bonds is 3. The van der Waals surface area contributed by atoms with Crippen LogP contribution >= 0.6 is 0 Å². The number of allylic oxidation sites excluding steroid dienone is 2. The highest BCUT2D eigenvalue weighted by Gasteiger charge is 2.62. The molecule has 0 aromatic carbocycles. The molecule has 5 nitrogen and oxygen atoms in total. The molecule has 21 heavy (non-hydrogen) atoms. The van der Waals surface area contributed by atoms with Gasteiger partial charge in [0.05, 0.1) is 11.8 Å². The van der Waals surface area contributed by atoms with Crippen molar-refractivity contribution in [1.29, 1.82) is 0 Å². The second-order valence-electron chi connectivity index (χ2n) is 6.20. The number of hydrogen-bond donors (Lipinski definition) is 2. The Morgan fingerprint density at radius 3 is 2.48 bits per heavy atom. The van der Waals surface area contributed by atoms with Crippen LogP contribution in [0.25, 0.3) is 0 Å². The topological polar surface area (TPSA) is 79.3 Å². The van der Waals surface area contributed by atoms with E-state index in [1.54, 1.807) is 24.4 Å².